The van der Waals surface area contributed by atoms with E-state index in [0.29, 0.717) is 0 Å². The van der Waals surface area contributed by atoms with Crippen LogP contribution in [0.4, 0.5) is 5.69 Å². The van der Waals surface area contributed by atoms with Gasteiger partial charge in [-0.25, -0.2) is 0 Å². The lowest BCUT2D eigenvalue weighted by Gasteiger charge is -2.22. The maximum atomic E-state index is 12.7. The molecule has 1 saturated heterocycles. The summed E-state index contributed by atoms with van der Waals surface area (Å²) in [4.78, 5) is 40.8. The van der Waals surface area contributed by atoms with E-state index in [0.717, 1.165) is 23.2 Å². The zero-order chi connectivity index (χ0) is 17.9. The molecule has 3 amide bonds. The third kappa shape index (κ3) is 2.41. The molecule has 2 bridgehead atoms. The van der Waals surface area contributed by atoms with Crippen molar-refractivity contribution in [2.75, 3.05) is 18.5 Å². The van der Waals surface area contributed by atoms with E-state index in [2.05, 4.69) is 12.2 Å². The summed E-state index contributed by atoms with van der Waals surface area (Å²) in [6.45, 7) is 3.78. The van der Waals surface area contributed by atoms with Crippen molar-refractivity contribution in [3.8, 4) is 0 Å². The second-order valence-electron chi connectivity index (χ2n) is 7.56. The van der Waals surface area contributed by atoms with Crippen molar-refractivity contribution >= 4 is 23.4 Å². The first-order valence-corrected chi connectivity index (χ1v) is 8.75. The average molecular weight is 338 g/mol. The summed E-state index contributed by atoms with van der Waals surface area (Å²) in [5.74, 6) is -0.744. The summed E-state index contributed by atoms with van der Waals surface area (Å²) >= 11 is 0. The number of carbonyl (C=O) groups excluding carboxylic acids is 3. The van der Waals surface area contributed by atoms with E-state index in [1.807, 2.05) is 32.0 Å². The zero-order valence-electron chi connectivity index (χ0n) is 14.7. The molecule has 0 aromatic heterocycles. The monoisotopic (exact) mass is 338 g/mol. The Labute approximate surface area is 147 Å². The Hall–Kier alpha value is -2.43. The van der Waals surface area contributed by atoms with Crippen LogP contribution in [0.2, 0.25) is 0 Å². The van der Waals surface area contributed by atoms with Crippen LogP contribution in [0.1, 0.15) is 17.5 Å². The number of benzene rings is 1. The Morgan fingerprint density at radius 3 is 2.08 bits per heavy atom. The quantitative estimate of drug-likeness (QED) is 0.626. The van der Waals surface area contributed by atoms with Gasteiger partial charge in [-0.2, -0.15) is 0 Å². The highest BCUT2D eigenvalue weighted by atomic mass is 16.2. The normalized spacial score (nSPS) is 29.5. The fourth-order valence-corrected chi connectivity index (χ4v) is 4.65. The number of likely N-dealkylation sites (N-methyl/N-ethyl adjacent to an activating group) is 1. The topological polar surface area (TPSA) is 57.7 Å². The van der Waals surface area contributed by atoms with Gasteiger partial charge in [-0.05, 0) is 55.4 Å². The van der Waals surface area contributed by atoms with E-state index in [4.69, 9.17) is 0 Å². The standard InChI is InChI=1S/C20H22N2O3/c1-11-6-12(2)8-15(7-11)21(3)16(23)10-22-19(24)17-13-4-5-14(9-13)18(17)20(22)25/h4-8,13-14,17-18H,9-10H2,1-3H3/t13-,14-,17-,18+/m0/s1. The molecule has 1 aromatic carbocycles. The molecule has 0 N–H and O–H groups in total. The highest BCUT2D eigenvalue weighted by molar-refractivity contribution is 6.09. The molecule has 2 aliphatic carbocycles. The maximum absolute atomic E-state index is 12.7. The molecule has 4 atom stereocenters. The fourth-order valence-electron chi connectivity index (χ4n) is 4.65. The van der Waals surface area contributed by atoms with Crippen molar-refractivity contribution in [3.63, 3.8) is 0 Å². The minimum Gasteiger partial charge on any atom is -0.314 e. The molecule has 1 aliphatic heterocycles. The first-order chi connectivity index (χ1) is 11.9. The molecule has 0 radical (unpaired) electrons. The number of nitrogens with zero attached hydrogens (tertiary/aromatic N) is 2. The third-order valence-electron chi connectivity index (χ3n) is 5.82. The lowest BCUT2D eigenvalue weighted by molar-refractivity contribution is -0.143. The summed E-state index contributed by atoms with van der Waals surface area (Å²) in [7, 11) is 1.69. The summed E-state index contributed by atoms with van der Waals surface area (Å²) in [5, 5.41) is 0. The molecule has 1 aromatic rings. The van der Waals surface area contributed by atoms with Crippen molar-refractivity contribution in [3.05, 3.63) is 41.5 Å². The Bertz CT molecular complexity index is 763. The molecule has 0 unspecified atom stereocenters. The lowest BCUT2D eigenvalue weighted by atomic mass is 9.85. The van der Waals surface area contributed by atoms with Crippen LogP contribution in [-0.4, -0.2) is 36.2 Å². The third-order valence-corrected chi connectivity index (χ3v) is 5.82. The molecule has 3 aliphatic rings. The van der Waals surface area contributed by atoms with Crippen LogP contribution < -0.4 is 4.90 Å². The molecular formula is C20H22N2O3. The van der Waals surface area contributed by atoms with Gasteiger partial charge in [0.25, 0.3) is 0 Å². The minimum absolute atomic E-state index is 0.170. The van der Waals surface area contributed by atoms with Gasteiger partial charge in [0.1, 0.15) is 6.54 Å². The van der Waals surface area contributed by atoms with Gasteiger partial charge in [-0.3, -0.25) is 19.3 Å². The Balaban J connectivity index is 1.51. The second kappa shape index (κ2) is 5.55. The summed E-state index contributed by atoms with van der Waals surface area (Å²) in [6, 6.07) is 5.90. The molecule has 25 heavy (non-hydrogen) atoms. The summed E-state index contributed by atoms with van der Waals surface area (Å²) < 4.78 is 0. The molecule has 5 nitrogen and oxygen atoms in total. The fraction of sp³-hybridized carbons (Fsp3) is 0.450. The van der Waals surface area contributed by atoms with Crippen molar-refractivity contribution < 1.29 is 14.4 Å². The number of likely N-dealkylation sites (tertiary alicyclic amines) is 1. The van der Waals surface area contributed by atoms with E-state index in [9.17, 15) is 14.4 Å². The van der Waals surface area contributed by atoms with Crippen molar-refractivity contribution in [1.29, 1.82) is 0 Å². The SMILES string of the molecule is Cc1cc(C)cc(N(C)C(=O)CN2C(=O)[C@@H]3[C@H](C2=O)[C@H]2C=C[C@H]3C2)c1. The zero-order valence-corrected chi connectivity index (χ0v) is 14.7. The van der Waals surface area contributed by atoms with Crippen molar-refractivity contribution in [1.82, 2.24) is 4.90 Å². The number of aryl methyl sites for hydroxylation is 2. The van der Waals surface area contributed by atoms with Crippen LogP contribution in [0.5, 0.6) is 0 Å². The molecule has 4 rings (SSSR count). The van der Waals surface area contributed by atoms with Gasteiger partial charge < -0.3 is 4.90 Å². The summed E-state index contributed by atoms with van der Waals surface area (Å²) in [5.41, 5.74) is 2.92. The number of amides is 3. The highest BCUT2D eigenvalue weighted by Gasteiger charge is 2.59. The van der Waals surface area contributed by atoms with Crippen molar-refractivity contribution in [2.24, 2.45) is 23.7 Å². The van der Waals surface area contributed by atoms with E-state index in [1.165, 1.54) is 9.80 Å². The van der Waals surface area contributed by atoms with Gasteiger partial charge in [0.15, 0.2) is 0 Å². The maximum Gasteiger partial charge on any atom is 0.246 e. The van der Waals surface area contributed by atoms with Gasteiger partial charge in [-0.1, -0.05) is 18.2 Å². The van der Waals surface area contributed by atoms with Gasteiger partial charge >= 0.3 is 0 Å². The van der Waals surface area contributed by atoms with Crippen LogP contribution in [0.3, 0.4) is 0 Å². The summed E-state index contributed by atoms with van der Waals surface area (Å²) in [6.07, 6.45) is 5.02. The number of imide groups is 1. The molecule has 5 heteroatoms. The average Bonchev–Trinajstić information content (AvgIpc) is 3.23. The first kappa shape index (κ1) is 16.1. The van der Waals surface area contributed by atoms with E-state index in [-0.39, 0.29) is 47.9 Å². The Morgan fingerprint density at radius 1 is 1.04 bits per heavy atom. The van der Waals surface area contributed by atoms with Crippen LogP contribution in [0.15, 0.2) is 30.4 Å². The van der Waals surface area contributed by atoms with Crippen LogP contribution >= 0.6 is 0 Å². The Morgan fingerprint density at radius 2 is 1.56 bits per heavy atom. The predicted octanol–water partition coefficient (Wildman–Crippen LogP) is 2.07. The van der Waals surface area contributed by atoms with E-state index >= 15 is 0 Å². The van der Waals surface area contributed by atoms with Gasteiger partial charge in [0.05, 0.1) is 11.8 Å². The number of hydrogen-bond donors (Lipinski definition) is 0. The smallest absolute Gasteiger partial charge is 0.246 e. The van der Waals surface area contributed by atoms with Gasteiger partial charge in [0.2, 0.25) is 17.7 Å². The number of anilines is 1. The van der Waals surface area contributed by atoms with Gasteiger partial charge in [0, 0.05) is 12.7 Å². The minimum atomic E-state index is -0.248. The van der Waals surface area contributed by atoms with E-state index in [1.54, 1.807) is 7.05 Å². The molecule has 0 spiro atoms. The highest BCUT2D eigenvalue weighted by Crippen LogP contribution is 2.52. The molecule has 130 valence electrons. The van der Waals surface area contributed by atoms with Gasteiger partial charge in [-0.15, -0.1) is 0 Å². The van der Waals surface area contributed by atoms with Crippen LogP contribution in [0.25, 0.3) is 0 Å². The molecule has 2 fully saturated rings. The Kier molecular flexibility index (Phi) is 3.56. The lowest BCUT2D eigenvalue weighted by Crippen LogP contribution is -2.42. The second-order valence-corrected chi connectivity index (χ2v) is 7.56. The number of hydrogen-bond acceptors (Lipinski definition) is 3. The number of allylic oxidation sites excluding steroid dienone is 2. The molecular weight excluding hydrogens is 316 g/mol. The predicted molar refractivity (Wildman–Crippen MR) is 93.8 cm³/mol. The molecule has 1 heterocycles. The van der Waals surface area contributed by atoms with Crippen LogP contribution in [-0.2, 0) is 14.4 Å². The van der Waals surface area contributed by atoms with E-state index < -0.39 is 0 Å². The molecule has 1 saturated carbocycles. The van der Waals surface area contributed by atoms with Crippen molar-refractivity contribution in [2.45, 2.75) is 20.3 Å². The number of fused-ring (bicyclic) bond motifs is 5. The van der Waals surface area contributed by atoms with Crippen LogP contribution in [0, 0.1) is 37.5 Å². The largest absolute Gasteiger partial charge is 0.314 e. The number of carbonyl (C=O) groups is 3. The first-order valence-electron chi connectivity index (χ1n) is 8.75. The number of rotatable bonds is 3.